The van der Waals surface area contributed by atoms with Gasteiger partial charge in [-0.25, -0.2) is 0 Å². The van der Waals surface area contributed by atoms with Crippen molar-refractivity contribution in [2.24, 2.45) is 0 Å². The van der Waals surface area contributed by atoms with Gasteiger partial charge in [0, 0.05) is 13.2 Å². The average molecular weight is 334 g/mol. The predicted octanol–water partition coefficient (Wildman–Crippen LogP) is 5.46. The number of allylic oxidation sites excluding steroid dienone is 4. The molecular formula is C20H35N3O. The first-order chi connectivity index (χ1) is 11.7. The maximum absolute atomic E-state index is 5.57. The van der Waals surface area contributed by atoms with Gasteiger partial charge in [-0.2, -0.15) is 0 Å². The van der Waals surface area contributed by atoms with Crippen LogP contribution in [-0.2, 0) is 17.9 Å². The highest BCUT2D eigenvalue weighted by Gasteiger charge is 2.01. The molecule has 1 aromatic rings. The summed E-state index contributed by atoms with van der Waals surface area (Å²) in [5, 5.41) is 8.34. The Morgan fingerprint density at radius 2 is 1.92 bits per heavy atom. The summed E-state index contributed by atoms with van der Waals surface area (Å²) in [7, 11) is 0. The van der Waals surface area contributed by atoms with Gasteiger partial charge in [0.05, 0.1) is 12.8 Å². The third kappa shape index (κ3) is 9.66. The second-order valence-electron chi connectivity index (χ2n) is 6.53. The molecule has 0 radical (unpaired) electrons. The molecule has 0 bridgehead atoms. The standard InChI is InChI=1S/C20H35N3O/c1-5-7-15-24-17-20-16-23(22-21-20)14-9-13-19(4)12-8-11-18(3)10-6-2/h10,12,16H,5-9,11,13-15,17H2,1-4H3/b18-10+,19-12+. The molecule has 0 fully saturated rings. The quantitative estimate of drug-likeness (QED) is 0.355. The molecule has 1 rings (SSSR count). The van der Waals surface area contributed by atoms with Gasteiger partial charge in [0.2, 0.25) is 0 Å². The van der Waals surface area contributed by atoms with Crippen molar-refractivity contribution in [3.8, 4) is 0 Å². The van der Waals surface area contributed by atoms with Crippen molar-refractivity contribution < 1.29 is 4.74 Å². The largest absolute Gasteiger partial charge is 0.375 e. The minimum absolute atomic E-state index is 0.573. The van der Waals surface area contributed by atoms with Gasteiger partial charge < -0.3 is 4.74 Å². The normalized spacial score (nSPS) is 12.8. The molecule has 4 heteroatoms. The Morgan fingerprint density at radius 1 is 1.12 bits per heavy atom. The van der Waals surface area contributed by atoms with Crippen molar-refractivity contribution in [1.29, 1.82) is 0 Å². The Balaban J connectivity index is 2.19. The van der Waals surface area contributed by atoms with Crippen molar-refractivity contribution in [1.82, 2.24) is 15.0 Å². The summed E-state index contributed by atoms with van der Waals surface area (Å²) in [5.74, 6) is 0. The van der Waals surface area contributed by atoms with E-state index in [0.29, 0.717) is 6.61 Å². The lowest BCUT2D eigenvalue weighted by atomic mass is 10.1. The molecule has 0 N–H and O–H groups in total. The number of ether oxygens (including phenoxy) is 1. The minimum atomic E-state index is 0.573. The van der Waals surface area contributed by atoms with Crippen molar-refractivity contribution in [2.45, 2.75) is 85.8 Å². The molecule has 4 nitrogen and oxygen atoms in total. The first-order valence-corrected chi connectivity index (χ1v) is 9.43. The number of aromatic nitrogens is 3. The zero-order valence-corrected chi connectivity index (χ0v) is 16.1. The molecule has 0 amide bonds. The molecule has 1 heterocycles. The van der Waals surface area contributed by atoms with Gasteiger partial charge in [-0.3, -0.25) is 4.68 Å². The second kappa shape index (κ2) is 12.9. The highest BCUT2D eigenvalue weighted by atomic mass is 16.5. The summed E-state index contributed by atoms with van der Waals surface area (Å²) >= 11 is 0. The molecule has 0 spiro atoms. The maximum atomic E-state index is 5.57. The molecule has 0 unspecified atom stereocenters. The van der Waals surface area contributed by atoms with E-state index in [2.05, 4.69) is 50.2 Å². The molecule has 0 saturated heterocycles. The number of rotatable bonds is 13. The lowest BCUT2D eigenvalue weighted by Gasteiger charge is -2.03. The Labute approximate surface area is 148 Å². The van der Waals surface area contributed by atoms with Crippen LogP contribution in [0, 0.1) is 0 Å². The van der Waals surface area contributed by atoms with E-state index in [1.807, 2.05) is 10.9 Å². The maximum Gasteiger partial charge on any atom is 0.108 e. The third-order valence-electron chi connectivity index (χ3n) is 4.02. The smallest absolute Gasteiger partial charge is 0.108 e. The number of nitrogens with zero attached hydrogens (tertiary/aromatic N) is 3. The minimum Gasteiger partial charge on any atom is -0.375 e. The van der Waals surface area contributed by atoms with E-state index >= 15 is 0 Å². The zero-order valence-electron chi connectivity index (χ0n) is 16.1. The molecular weight excluding hydrogens is 298 g/mol. The zero-order chi connectivity index (χ0) is 17.6. The molecule has 0 aromatic carbocycles. The molecule has 0 saturated carbocycles. The van der Waals surface area contributed by atoms with Crippen molar-refractivity contribution in [2.75, 3.05) is 6.61 Å². The van der Waals surface area contributed by atoms with Gasteiger partial charge >= 0.3 is 0 Å². The van der Waals surface area contributed by atoms with E-state index in [4.69, 9.17) is 4.74 Å². The highest BCUT2D eigenvalue weighted by molar-refractivity contribution is 5.03. The van der Waals surface area contributed by atoms with Crippen LogP contribution >= 0.6 is 0 Å². The van der Waals surface area contributed by atoms with E-state index in [0.717, 1.165) is 57.4 Å². The first kappa shape index (κ1) is 20.6. The van der Waals surface area contributed by atoms with Crippen molar-refractivity contribution in [3.63, 3.8) is 0 Å². The number of unbranched alkanes of at least 4 members (excludes halogenated alkanes) is 1. The summed E-state index contributed by atoms with van der Waals surface area (Å²) in [6.07, 6.45) is 14.7. The summed E-state index contributed by atoms with van der Waals surface area (Å²) in [6, 6.07) is 0. The molecule has 0 aliphatic carbocycles. The van der Waals surface area contributed by atoms with Crippen LogP contribution in [0.15, 0.2) is 29.5 Å². The van der Waals surface area contributed by atoms with Crippen LogP contribution in [-0.4, -0.2) is 21.6 Å². The van der Waals surface area contributed by atoms with Crippen LogP contribution in [0.5, 0.6) is 0 Å². The molecule has 136 valence electrons. The van der Waals surface area contributed by atoms with Crippen LogP contribution < -0.4 is 0 Å². The summed E-state index contributed by atoms with van der Waals surface area (Å²) in [6.45, 7) is 11.1. The molecule has 24 heavy (non-hydrogen) atoms. The number of aryl methyl sites for hydroxylation is 1. The fraction of sp³-hybridized carbons (Fsp3) is 0.700. The number of hydrogen-bond acceptors (Lipinski definition) is 3. The van der Waals surface area contributed by atoms with Crippen LogP contribution in [0.25, 0.3) is 0 Å². The monoisotopic (exact) mass is 333 g/mol. The fourth-order valence-electron chi connectivity index (χ4n) is 2.56. The van der Waals surface area contributed by atoms with Crippen LogP contribution in [0.1, 0.15) is 78.3 Å². The Bertz CT molecular complexity index is 503. The summed E-state index contributed by atoms with van der Waals surface area (Å²) in [4.78, 5) is 0. The van der Waals surface area contributed by atoms with Gasteiger partial charge in [0.15, 0.2) is 0 Å². The second-order valence-corrected chi connectivity index (χ2v) is 6.53. The third-order valence-corrected chi connectivity index (χ3v) is 4.02. The van der Waals surface area contributed by atoms with Gasteiger partial charge in [-0.05, 0) is 52.4 Å². The van der Waals surface area contributed by atoms with E-state index in [-0.39, 0.29) is 0 Å². The SMILES string of the molecule is CC/C=C(\C)CC/C=C(\C)CCCn1cc(COCCCC)nn1. The van der Waals surface area contributed by atoms with Gasteiger partial charge in [-0.15, -0.1) is 5.10 Å². The van der Waals surface area contributed by atoms with Gasteiger partial charge in [-0.1, -0.05) is 48.8 Å². The molecule has 0 aliphatic rings. The highest BCUT2D eigenvalue weighted by Crippen LogP contribution is 2.11. The summed E-state index contributed by atoms with van der Waals surface area (Å²) < 4.78 is 7.50. The molecule has 0 aliphatic heterocycles. The fourth-order valence-corrected chi connectivity index (χ4v) is 2.56. The van der Waals surface area contributed by atoms with Crippen molar-refractivity contribution in [3.05, 3.63) is 35.2 Å². The molecule has 0 atom stereocenters. The van der Waals surface area contributed by atoms with E-state index in [1.54, 1.807) is 0 Å². The molecule has 1 aromatic heterocycles. The Hall–Kier alpha value is -1.42. The first-order valence-electron chi connectivity index (χ1n) is 9.43. The van der Waals surface area contributed by atoms with E-state index in [9.17, 15) is 0 Å². The lowest BCUT2D eigenvalue weighted by Crippen LogP contribution is -1.99. The average Bonchev–Trinajstić information content (AvgIpc) is 3.00. The lowest BCUT2D eigenvalue weighted by molar-refractivity contribution is 0.115. The Morgan fingerprint density at radius 3 is 2.67 bits per heavy atom. The Kier molecular flexibility index (Phi) is 11.1. The van der Waals surface area contributed by atoms with Crippen LogP contribution in [0.4, 0.5) is 0 Å². The van der Waals surface area contributed by atoms with Gasteiger partial charge in [0.1, 0.15) is 5.69 Å². The summed E-state index contributed by atoms with van der Waals surface area (Å²) in [5.41, 5.74) is 3.90. The number of hydrogen-bond donors (Lipinski definition) is 0. The van der Waals surface area contributed by atoms with Crippen LogP contribution in [0.2, 0.25) is 0 Å². The van der Waals surface area contributed by atoms with Gasteiger partial charge in [0.25, 0.3) is 0 Å². The van der Waals surface area contributed by atoms with Crippen molar-refractivity contribution >= 4 is 0 Å². The van der Waals surface area contributed by atoms with E-state index in [1.165, 1.54) is 17.6 Å². The van der Waals surface area contributed by atoms with Crippen LogP contribution in [0.3, 0.4) is 0 Å². The van der Waals surface area contributed by atoms with E-state index < -0.39 is 0 Å². The predicted molar refractivity (Wildman–Crippen MR) is 101 cm³/mol. The topological polar surface area (TPSA) is 39.9 Å².